The van der Waals surface area contributed by atoms with Crippen LogP contribution in [0.15, 0.2) is 42.5 Å². The Morgan fingerprint density at radius 2 is 1.70 bits per heavy atom. The van der Waals surface area contributed by atoms with Gasteiger partial charge in [-0.25, -0.2) is 0 Å². The molecule has 0 saturated carbocycles. The second kappa shape index (κ2) is 5.30. The van der Waals surface area contributed by atoms with Gasteiger partial charge in [0.15, 0.2) is 0 Å². The highest BCUT2D eigenvalue weighted by Crippen LogP contribution is 2.37. The number of ether oxygens (including phenoxy) is 1. The van der Waals surface area contributed by atoms with E-state index in [0.29, 0.717) is 16.9 Å². The highest BCUT2D eigenvalue weighted by Gasteiger charge is 2.33. The topological polar surface area (TPSA) is 9.23 Å². The van der Waals surface area contributed by atoms with Gasteiger partial charge in [0.1, 0.15) is 5.75 Å². The van der Waals surface area contributed by atoms with Crippen LogP contribution in [0.4, 0.5) is 13.2 Å². The first-order valence-electron chi connectivity index (χ1n) is 5.78. The summed E-state index contributed by atoms with van der Waals surface area (Å²) in [6.45, 7) is 0. The Hall–Kier alpha value is -2.41. The maximum Gasteiger partial charge on any atom is 0.417 e. The number of halogens is 3. The molecule has 0 spiro atoms. The van der Waals surface area contributed by atoms with Gasteiger partial charge in [0.05, 0.1) is 12.7 Å². The van der Waals surface area contributed by atoms with Gasteiger partial charge in [0, 0.05) is 5.56 Å². The smallest absolute Gasteiger partial charge is 0.417 e. The number of benzene rings is 2. The van der Waals surface area contributed by atoms with E-state index in [-0.39, 0.29) is 5.56 Å². The van der Waals surface area contributed by atoms with Crippen molar-refractivity contribution in [3.8, 4) is 29.2 Å². The lowest BCUT2D eigenvalue weighted by Gasteiger charge is -2.14. The predicted molar refractivity (Wildman–Crippen MR) is 71.4 cm³/mol. The molecule has 1 nitrogen and oxygen atoms in total. The van der Waals surface area contributed by atoms with E-state index >= 15 is 0 Å². The molecule has 2 aromatic rings. The number of hydrogen-bond acceptors (Lipinski definition) is 1. The van der Waals surface area contributed by atoms with Crippen LogP contribution in [-0.4, -0.2) is 7.11 Å². The lowest BCUT2D eigenvalue weighted by atomic mass is 9.97. The fourth-order valence-electron chi connectivity index (χ4n) is 1.89. The fraction of sp³-hybridized carbons (Fsp3) is 0.125. The van der Waals surface area contributed by atoms with E-state index < -0.39 is 11.7 Å². The Labute approximate surface area is 115 Å². The van der Waals surface area contributed by atoms with E-state index in [1.807, 2.05) is 0 Å². The fourth-order valence-corrected chi connectivity index (χ4v) is 1.89. The lowest BCUT2D eigenvalue weighted by Crippen LogP contribution is -2.07. The molecule has 0 atom stereocenters. The van der Waals surface area contributed by atoms with Gasteiger partial charge >= 0.3 is 6.18 Å². The molecule has 2 rings (SSSR count). The van der Waals surface area contributed by atoms with E-state index in [2.05, 4.69) is 5.92 Å². The quantitative estimate of drug-likeness (QED) is 0.740. The Balaban J connectivity index is 2.60. The third kappa shape index (κ3) is 2.77. The summed E-state index contributed by atoms with van der Waals surface area (Å²) in [4.78, 5) is 0. The summed E-state index contributed by atoms with van der Waals surface area (Å²) < 4.78 is 44.1. The average Bonchev–Trinajstić information content (AvgIpc) is 2.45. The van der Waals surface area contributed by atoms with Crippen molar-refractivity contribution in [2.45, 2.75) is 6.18 Å². The molecule has 0 aromatic heterocycles. The van der Waals surface area contributed by atoms with Crippen molar-refractivity contribution >= 4 is 0 Å². The maximum atomic E-state index is 13.0. The summed E-state index contributed by atoms with van der Waals surface area (Å²) in [5.74, 6) is 2.93. The van der Waals surface area contributed by atoms with E-state index in [9.17, 15) is 13.2 Å². The van der Waals surface area contributed by atoms with Crippen LogP contribution in [0.2, 0.25) is 0 Å². The third-order valence-corrected chi connectivity index (χ3v) is 2.89. The molecule has 0 aliphatic carbocycles. The molecule has 0 amide bonds. The number of terminal acetylenes is 1. The van der Waals surface area contributed by atoms with Crippen LogP contribution in [0, 0.1) is 12.3 Å². The summed E-state index contributed by atoms with van der Waals surface area (Å²) in [7, 11) is 1.50. The standard InChI is InChI=1S/C16H11F3O/c1-3-11-4-9-15(16(17,18)19)14(10-11)12-5-7-13(20-2)8-6-12/h1,4-10H,2H3. The van der Waals surface area contributed by atoms with Gasteiger partial charge in [-0.3, -0.25) is 0 Å². The summed E-state index contributed by atoms with van der Waals surface area (Å²) in [6, 6.07) is 10.0. The number of hydrogen-bond donors (Lipinski definition) is 0. The molecule has 0 heterocycles. The molecular formula is C16H11F3O. The minimum Gasteiger partial charge on any atom is -0.497 e. The van der Waals surface area contributed by atoms with Gasteiger partial charge in [-0.05, 0) is 41.5 Å². The highest BCUT2D eigenvalue weighted by atomic mass is 19.4. The first-order chi connectivity index (χ1) is 9.45. The average molecular weight is 276 g/mol. The number of alkyl halides is 3. The molecule has 0 aliphatic heterocycles. The second-order valence-electron chi connectivity index (χ2n) is 4.13. The zero-order valence-corrected chi connectivity index (χ0v) is 10.7. The zero-order valence-electron chi connectivity index (χ0n) is 10.7. The second-order valence-corrected chi connectivity index (χ2v) is 4.13. The Kier molecular flexibility index (Phi) is 3.71. The summed E-state index contributed by atoms with van der Waals surface area (Å²) in [6.07, 6.45) is 0.822. The van der Waals surface area contributed by atoms with E-state index in [1.165, 1.54) is 19.2 Å². The Bertz CT molecular complexity index is 649. The molecule has 20 heavy (non-hydrogen) atoms. The maximum absolute atomic E-state index is 13.0. The normalized spacial score (nSPS) is 10.9. The largest absolute Gasteiger partial charge is 0.497 e. The molecular weight excluding hydrogens is 265 g/mol. The van der Waals surface area contributed by atoms with Crippen molar-refractivity contribution < 1.29 is 17.9 Å². The van der Waals surface area contributed by atoms with Gasteiger partial charge in [-0.2, -0.15) is 13.2 Å². The van der Waals surface area contributed by atoms with Crippen molar-refractivity contribution in [2.75, 3.05) is 7.11 Å². The minimum atomic E-state index is -4.43. The highest BCUT2D eigenvalue weighted by molar-refractivity contribution is 5.70. The monoisotopic (exact) mass is 276 g/mol. The van der Waals surface area contributed by atoms with Gasteiger partial charge in [0.2, 0.25) is 0 Å². The molecule has 0 fully saturated rings. The van der Waals surface area contributed by atoms with Crippen molar-refractivity contribution in [1.29, 1.82) is 0 Å². The Morgan fingerprint density at radius 3 is 2.20 bits per heavy atom. The minimum absolute atomic E-state index is 0.0654. The SMILES string of the molecule is C#Cc1ccc(C(F)(F)F)c(-c2ccc(OC)cc2)c1. The van der Waals surface area contributed by atoms with E-state index in [4.69, 9.17) is 11.2 Å². The van der Waals surface area contributed by atoms with Gasteiger partial charge in [0.25, 0.3) is 0 Å². The van der Waals surface area contributed by atoms with Crippen LogP contribution in [0.25, 0.3) is 11.1 Å². The van der Waals surface area contributed by atoms with E-state index in [0.717, 1.165) is 6.07 Å². The van der Waals surface area contributed by atoms with Crippen LogP contribution in [0.5, 0.6) is 5.75 Å². The number of rotatable bonds is 2. The Morgan fingerprint density at radius 1 is 1.05 bits per heavy atom. The molecule has 0 saturated heterocycles. The molecule has 2 aromatic carbocycles. The number of methoxy groups -OCH3 is 1. The molecule has 0 N–H and O–H groups in total. The molecule has 4 heteroatoms. The van der Waals surface area contributed by atoms with Gasteiger partial charge in [-0.1, -0.05) is 18.1 Å². The molecule has 0 aliphatic rings. The van der Waals surface area contributed by atoms with Gasteiger partial charge < -0.3 is 4.74 Å². The van der Waals surface area contributed by atoms with Crippen molar-refractivity contribution in [3.05, 3.63) is 53.6 Å². The van der Waals surface area contributed by atoms with Crippen molar-refractivity contribution in [2.24, 2.45) is 0 Å². The first kappa shape index (κ1) is 14.0. The summed E-state index contributed by atoms with van der Waals surface area (Å²) >= 11 is 0. The molecule has 0 unspecified atom stereocenters. The molecule has 0 radical (unpaired) electrons. The first-order valence-corrected chi connectivity index (χ1v) is 5.78. The van der Waals surface area contributed by atoms with Crippen molar-refractivity contribution in [1.82, 2.24) is 0 Å². The molecule has 102 valence electrons. The summed E-state index contributed by atoms with van der Waals surface area (Å²) in [5.41, 5.74) is 0.205. The van der Waals surface area contributed by atoms with Crippen molar-refractivity contribution in [3.63, 3.8) is 0 Å². The summed E-state index contributed by atoms with van der Waals surface area (Å²) in [5, 5.41) is 0. The van der Waals surface area contributed by atoms with Gasteiger partial charge in [-0.15, -0.1) is 6.42 Å². The predicted octanol–water partition coefficient (Wildman–Crippen LogP) is 4.36. The lowest BCUT2D eigenvalue weighted by molar-refractivity contribution is -0.137. The third-order valence-electron chi connectivity index (χ3n) is 2.89. The zero-order chi connectivity index (χ0) is 14.8. The van der Waals surface area contributed by atoms with Crippen LogP contribution in [0.1, 0.15) is 11.1 Å². The van der Waals surface area contributed by atoms with Crippen LogP contribution in [0.3, 0.4) is 0 Å². The van der Waals surface area contributed by atoms with Crippen LogP contribution < -0.4 is 4.74 Å². The van der Waals surface area contributed by atoms with E-state index in [1.54, 1.807) is 24.3 Å². The van der Waals surface area contributed by atoms with Crippen LogP contribution in [-0.2, 0) is 6.18 Å². The molecule has 0 bridgehead atoms. The van der Waals surface area contributed by atoms with Crippen LogP contribution >= 0.6 is 0 Å².